The zero-order valence-corrected chi connectivity index (χ0v) is 33.6. The Bertz CT molecular complexity index is 2550. The normalized spacial score (nSPS) is 21.1. The Hall–Kier alpha value is -6.99. The van der Waals surface area contributed by atoms with E-state index in [1.54, 1.807) is 52.7 Å². The first kappa shape index (κ1) is 38.5. The fraction of sp³-hybridized carbons (Fsp3) is 0.425. The summed E-state index contributed by atoms with van der Waals surface area (Å²) in [6.45, 7) is 1.09. The number of amides is 4. The van der Waals surface area contributed by atoms with Crippen LogP contribution in [0.2, 0.25) is 0 Å². The summed E-state index contributed by atoms with van der Waals surface area (Å²) in [5, 5.41) is 27.4. The maximum atomic E-state index is 12.9. The molecule has 20 nitrogen and oxygen atoms in total. The molecule has 0 saturated heterocycles. The fourth-order valence-electron chi connectivity index (χ4n) is 8.52. The molecule has 0 spiro atoms. The maximum absolute atomic E-state index is 12.9. The molecule has 60 heavy (non-hydrogen) atoms. The molecule has 9 heterocycles. The fourth-order valence-corrected chi connectivity index (χ4v) is 8.52. The Kier molecular flexibility index (Phi) is 10.3. The molecule has 5 aromatic heterocycles. The highest BCUT2D eigenvalue weighted by atomic mass is 16.2. The number of rotatable bonds is 6. The summed E-state index contributed by atoms with van der Waals surface area (Å²) in [6.07, 6.45) is 13.4. The minimum atomic E-state index is -0.654. The summed E-state index contributed by atoms with van der Waals surface area (Å²) >= 11 is 0. The number of carbonyl (C=O) groups is 4. The smallest absolute Gasteiger partial charge is 0.291 e. The Morgan fingerprint density at radius 2 is 1.13 bits per heavy atom. The van der Waals surface area contributed by atoms with Gasteiger partial charge < -0.3 is 10.6 Å². The van der Waals surface area contributed by atoms with Crippen molar-refractivity contribution in [1.29, 1.82) is 0 Å². The van der Waals surface area contributed by atoms with Crippen molar-refractivity contribution >= 4 is 35.3 Å². The highest BCUT2D eigenvalue weighted by Crippen LogP contribution is 2.31. The number of benzene rings is 1. The Balaban J connectivity index is 0.000000154. The highest BCUT2D eigenvalue weighted by Gasteiger charge is 2.34. The topological polar surface area (TPSA) is 214 Å². The third-order valence-electron chi connectivity index (χ3n) is 11.7. The number of likely N-dealkylation sites (N-methyl/N-ethyl adjacent to an activating group) is 2. The Morgan fingerprint density at radius 1 is 0.633 bits per heavy atom. The zero-order valence-electron chi connectivity index (χ0n) is 33.6. The first-order valence-corrected chi connectivity index (χ1v) is 20.3. The van der Waals surface area contributed by atoms with Gasteiger partial charge in [-0.2, -0.15) is 15.3 Å². The van der Waals surface area contributed by atoms with Gasteiger partial charge in [-0.1, -0.05) is 30.3 Å². The molecule has 1 aromatic carbocycles. The van der Waals surface area contributed by atoms with Crippen molar-refractivity contribution in [1.82, 2.24) is 69.5 Å². The molecule has 2 unspecified atom stereocenters. The highest BCUT2D eigenvalue weighted by molar-refractivity contribution is 6.01. The molecule has 0 bridgehead atoms. The zero-order chi connectivity index (χ0) is 41.5. The van der Waals surface area contributed by atoms with Gasteiger partial charge in [0.1, 0.15) is 35.4 Å². The van der Waals surface area contributed by atoms with Crippen LogP contribution in [-0.2, 0) is 42.6 Å². The number of nitrogens with zero attached hydrogens (tertiary/aromatic N) is 14. The number of fused-ring (bicyclic) bond motifs is 4. The van der Waals surface area contributed by atoms with Crippen LogP contribution in [0.5, 0.6) is 0 Å². The van der Waals surface area contributed by atoms with Crippen LogP contribution < -0.4 is 20.4 Å². The van der Waals surface area contributed by atoms with Crippen molar-refractivity contribution in [2.75, 3.05) is 23.9 Å². The van der Waals surface area contributed by atoms with Crippen LogP contribution in [0.3, 0.4) is 0 Å². The standard InChI is InChI=1S/C21H23N7O2.C19H23N9O2/c1-26-18-10-12-22-27(18)13-11-15(21(26)30)23-20(29)19-24-17-9-5-8-16(28(17)25-19)14-6-3-2-4-7-14;1-25-11-12(10-21-25)14-4-3-5-15-23-17(24-28(14)15)18(29)22-13-7-9-27-16(6-8-20-27)26(2)19(13)30/h2-4,6-7,10,12,15-16H,5,8-9,11,13H2,1H3,(H,23,29);6,8,10-11,13-14H,3-5,7,9H2,1-2H3,(H,22,29)/t15-,16?;13-,14?/m00/s1. The van der Waals surface area contributed by atoms with Crippen molar-refractivity contribution in [3.8, 4) is 0 Å². The van der Waals surface area contributed by atoms with Gasteiger partial charge in [0.05, 0.1) is 30.7 Å². The molecule has 0 radical (unpaired) electrons. The monoisotopic (exact) mass is 814 g/mol. The molecule has 6 aromatic rings. The van der Waals surface area contributed by atoms with Crippen LogP contribution in [0.15, 0.2) is 67.3 Å². The van der Waals surface area contributed by atoms with Gasteiger partial charge in [0.25, 0.3) is 23.6 Å². The number of hydrogen-bond donors (Lipinski definition) is 2. The van der Waals surface area contributed by atoms with E-state index < -0.39 is 23.9 Å². The minimum Gasteiger partial charge on any atom is -0.337 e. The number of aromatic nitrogens is 12. The molecule has 0 fully saturated rings. The van der Waals surface area contributed by atoms with Gasteiger partial charge in [-0.15, -0.1) is 10.2 Å². The average molecular weight is 815 g/mol. The third-order valence-corrected chi connectivity index (χ3v) is 11.7. The van der Waals surface area contributed by atoms with Gasteiger partial charge in [0, 0.05) is 71.0 Å². The van der Waals surface area contributed by atoms with Gasteiger partial charge in [-0.05, 0) is 44.1 Å². The summed E-state index contributed by atoms with van der Waals surface area (Å²) in [7, 11) is 5.26. The Labute approximate surface area is 344 Å². The lowest BCUT2D eigenvalue weighted by atomic mass is 9.98. The van der Waals surface area contributed by atoms with Crippen LogP contribution in [0.4, 0.5) is 11.6 Å². The summed E-state index contributed by atoms with van der Waals surface area (Å²) in [6, 6.07) is 12.5. The molecular formula is C40H46N16O4. The predicted molar refractivity (Wildman–Crippen MR) is 215 cm³/mol. The molecule has 10 rings (SSSR count). The van der Waals surface area contributed by atoms with Gasteiger partial charge in [-0.25, -0.2) is 28.7 Å². The van der Waals surface area contributed by atoms with E-state index in [-0.39, 0.29) is 35.5 Å². The van der Waals surface area contributed by atoms with Gasteiger partial charge in [0.15, 0.2) is 0 Å². The summed E-state index contributed by atoms with van der Waals surface area (Å²) < 4.78 is 8.97. The molecule has 20 heteroatoms. The van der Waals surface area contributed by atoms with E-state index in [9.17, 15) is 19.2 Å². The van der Waals surface area contributed by atoms with E-state index in [0.717, 1.165) is 67.1 Å². The van der Waals surface area contributed by atoms with E-state index in [2.05, 4.69) is 58.2 Å². The summed E-state index contributed by atoms with van der Waals surface area (Å²) in [5.74, 6) is 2.03. The van der Waals surface area contributed by atoms with Gasteiger partial charge in [0.2, 0.25) is 11.6 Å². The first-order chi connectivity index (χ1) is 29.1. The second-order valence-electron chi connectivity index (χ2n) is 15.5. The second-order valence-corrected chi connectivity index (χ2v) is 15.5. The molecular weight excluding hydrogens is 769 g/mol. The SMILES string of the molecule is CN1C(=O)[C@@H](NC(=O)c2nc3n(n2)C(c2ccccc2)CCC3)CCn2nccc21.CN1C(=O)[C@@H](NC(=O)c2nc3n(n2)C(c2cnn(C)c2)CCC3)CCn2nccc21. The quantitative estimate of drug-likeness (QED) is 0.248. The van der Waals surface area contributed by atoms with Crippen molar-refractivity contribution in [2.45, 2.75) is 88.6 Å². The lowest BCUT2D eigenvalue weighted by Crippen LogP contribution is -2.47. The van der Waals surface area contributed by atoms with E-state index in [1.165, 1.54) is 9.80 Å². The lowest BCUT2D eigenvalue weighted by molar-refractivity contribution is -0.120. The number of nitrogens with one attached hydrogen (secondary N) is 2. The molecule has 4 aliphatic rings. The third kappa shape index (κ3) is 7.32. The number of aryl methyl sites for hydroxylation is 5. The van der Waals surface area contributed by atoms with Crippen LogP contribution in [0.1, 0.15) is 94.6 Å². The van der Waals surface area contributed by atoms with Crippen molar-refractivity contribution in [2.24, 2.45) is 7.05 Å². The van der Waals surface area contributed by atoms with E-state index in [1.807, 2.05) is 47.0 Å². The Morgan fingerprint density at radius 3 is 1.62 bits per heavy atom. The first-order valence-electron chi connectivity index (χ1n) is 20.3. The van der Waals surface area contributed by atoms with E-state index in [0.29, 0.717) is 31.7 Å². The second kappa shape index (κ2) is 16.0. The maximum Gasteiger partial charge on any atom is 0.291 e. The van der Waals surface area contributed by atoms with Crippen LogP contribution in [0.25, 0.3) is 0 Å². The van der Waals surface area contributed by atoms with Crippen LogP contribution in [-0.4, -0.2) is 109 Å². The summed E-state index contributed by atoms with van der Waals surface area (Å²) in [4.78, 5) is 63.5. The number of hydrogen-bond acceptors (Lipinski definition) is 11. The van der Waals surface area contributed by atoms with Crippen LogP contribution >= 0.6 is 0 Å². The van der Waals surface area contributed by atoms with E-state index in [4.69, 9.17) is 0 Å². The molecule has 4 amide bonds. The molecule has 310 valence electrons. The predicted octanol–water partition coefficient (Wildman–Crippen LogP) is 1.86. The molecule has 0 saturated carbocycles. The lowest BCUT2D eigenvalue weighted by Gasteiger charge is -2.23. The average Bonchev–Trinajstić information content (AvgIpc) is 4.12. The van der Waals surface area contributed by atoms with Crippen molar-refractivity contribution in [3.63, 3.8) is 0 Å². The van der Waals surface area contributed by atoms with Crippen molar-refractivity contribution < 1.29 is 19.2 Å². The van der Waals surface area contributed by atoms with Gasteiger partial charge in [-0.3, -0.25) is 33.7 Å². The molecule has 4 aliphatic heterocycles. The molecule has 4 atom stereocenters. The molecule has 0 aliphatic carbocycles. The number of anilines is 2. The molecule has 2 N–H and O–H groups in total. The van der Waals surface area contributed by atoms with E-state index >= 15 is 0 Å². The summed E-state index contributed by atoms with van der Waals surface area (Å²) in [5.41, 5.74) is 2.20. The minimum absolute atomic E-state index is 0.0131. The van der Waals surface area contributed by atoms with Gasteiger partial charge >= 0.3 is 0 Å². The van der Waals surface area contributed by atoms with Crippen molar-refractivity contribution in [3.05, 3.63) is 102 Å². The largest absolute Gasteiger partial charge is 0.337 e. The number of carbonyl (C=O) groups excluding carboxylic acids is 4. The van der Waals surface area contributed by atoms with Crippen LogP contribution in [0, 0.1) is 0 Å².